The average Bonchev–Trinajstić information content (AvgIpc) is 2.15. The Kier molecular flexibility index (Phi) is 2.86. The van der Waals surface area contributed by atoms with Crippen molar-refractivity contribution in [3.05, 3.63) is 35.4 Å². The Balaban J connectivity index is 2.83. The molecule has 0 fully saturated rings. The van der Waals surface area contributed by atoms with E-state index in [4.69, 9.17) is 10.6 Å². The van der Waals surface area contributed by atoms with Crippen LogP contribution >= 0.6 is 0 Å². The van der Waals surface area contributed by atoms with Crippen LogP contribution < -0.4 is 0 Å². The fourth-order valence-electron chi connectivity index (χ4n) is 0.778. The highest BCUT2D eigenvalue weighted by Gasteiger charge is 1.98. The van der Waals surface area contributed by atoms with Crippen LogP contribution in [-0.4, -0.2) is 17.1 Å². The van der Waals surface area contributed by atoms with Crippen molar-refractivity contribution < 1.29 is 9.90 Å². The summed E-state index contributed by atoms with van der Waals surface area (Å²) in [5.41, 5.74) is 8.31. The molecule has 5 nitrogen and oxygen atoms in total. The van der Waals surface area contributed by atoms with E-state index < -0.39 is 5.78 Å². The fraction of sp³-hybridized carbons (Fsp3) is 0. The fourth-order valence-corrected chi connectivity index (χ4v) is 0.778. The van der Waals surface area contributed by atoms with Gasteiger partial charge in [0.15, 0.2) is 5.78 Å². The Hall–Kier alpha value is -2.04. The predicted molar refractivity (Wildman–Crippen MR) is 46.7 cm³/mol. The summed E-state index contributed by atoms with van der Waals surface area (Å²) in [5, 5.41) is 14.3. The van der Waals surface area contributed by atoms with E-state index >= 15 is 0 Å². The van der Waals surface area contributed by atoms with Crippen LogP contribution in [0.2, 0.25) is 0 Å². The van der Waals surface area contributed by atoms with Crippen molar-refractivity contribution in [2.24, 2.45) is 10.3 Å². The summed E-state index contributed by atoms with van der Waals surface area (Å²) >= 11 is 0. The zero-order valence-electron chi connectivity index (χ0n) is 6.58. The summed E-state index contributed by atoms with van der Waals surface area (Å²) in [7, 11) is 0. The molecule has 0 aliphatic carbocycles. The van der Waals surface area contributed by atoms with Crippen molar-refractivity contribution in [1.29, 1.82) is 0 Å². The standard InChI is InChI=1S/C8H6N3O2/c9-11-10-5-8(13)6-1-3-7(12)4-2-6/h1-5,12H/q-1. The molecule has 0 unspecified atom stereocenters. The summed E-state index contributed by atoms with van der Waals surface area (Å²) in [6.07, 6.45) is 0.881. The SMILES string of the molecule is [N-]=NN=CC(=O)c1ccc(O)cc1. The van der Waals surface area contributed by atoms with E-state index in [1.807, 2.05) is 0 Å². The normalized spacial score (nSPS) is 10.2. The maximum absolute atomic E-state index is 11.1. The summed E-state index contributed by atoms with van der Waals surface area (Å²) < 4.78 is 0. The number of phenolic OH excluding ortho intramolecular Hbond substituents is 1. The first kappa shape index (κ1) is 9.05. The Morgan fingerprint density at radius 2 is 2.00 bits per heavy atom. The molecule has 0 aliphatic rings. The molecule has 0 saturated heterocycles. The molecule has 0 bridgehead atoms. The minimum Gasteiger partial charge on any atom is -0.508 e. The quantitative estimate of drug-likeness (QED) is 0.328. The number of aromatic hydroxyl groups is 1. The van der Waals surface area contributed by atoms with Gasteiger partial charge in [0.25, 0.3) is 0 Å². The molecule has 1 aromatic rings. The van der Waals surface area contributed by atoms with Crippen LogP contribution in [0.4, 0.5) is 0 Å². The average molecular weight is 176 g/mol. The van der Waals surface area contributed by atoms with Crippen LogP contribution in [0.5, 0.6) is 5.75 Å². The maximum Gasteiger partial charge on any atom is 0.183 e. The van der Waals surface area contributed by atoms with E-state index in [0.717, 1.165) is 6.21 Å². The van der Waals surface area contributed by atoms with Crippen LogP contribution in [0.3, 0.4) is 0 Å². The van der Waals surface area contributed by atoms with E-state index in [2.05, 4.69) is 10.3 Å². The van der Waals surface area contributed by atoms with Gasteiger partial charge in [-0.3, -0.25) is 10.0 Å². The molecule has 1 aromatic carbocycles. The highest BCUT2D eigenvalue weighted by atomic mass is 16.3. The lowest BCUT2D eigenvalue weighted by atomic mass is 10.1. The number of hydrogen-bond acceptors (Lipinski definition) is 3. The first-order chi connectivity index (χ1) is 6.24. The molecule has 0 saturated carbocycles. The minimum absolute atomic E-state index is 0.0836. The number of carbonyl (C=O) groups is 1. The Morgan fingerprint density at radius 3 is 2.54 bits per heavy atom. The first-order valence-corrected chi connectivity index (χ1v) is 3.45. The van der Waals surface area contributed by atoms with Crippen molar-refractivity contribution in [3.63, 3.8) is 0 Å². The van der Waals surface area contributed by atoms with Crippen LogP contribution in [0.25, 0.3) is 5.53 Å². The first-order valence-electron chi connectivity index (χ1n) is 3.45. The Morgan fingerprint density at radius 1 is 1.38 bits per heavy atom. The third-order valence-corrected chi connectivity index (χ3v) is 1.38. The van der Waals surface area contributed by atoms with Gasteiger partial charge in [-0.05, 0) is 30.5 Å². The molecule has 1 rings (SSSR count). The predicted octanol–water partition coefficient (Wildman–Crippen LogP) is 1.58. The molecule has 0 amide bonds. The summed E-state index contributed by atoms with van der Waals surface area (Å²) in [4.78, 5) is 11.1. The van der Waals surface area contributed by atoms with Crippen LogP contribution in [0.1, 0.15) is 10.4 Å². The Bertz CT molecular complexity index is 343. The van der Waals surface area contributed by atoms with Gasteiger partial charge in [0.1, 0.15) is 5.75 Å². The molecule has 0 aromatic heterocycles. The molecule has 0 aliphatic heterocycles. The van der Waals surface area contributed by atoms with Crippen molar-refractivity contribution in [2.45, 2.75) is 0 Å². The van der Waals surface area contributed by atoms with E-state index in [1.165, 1.54) is 24.3 Å². The highest BCUT2D eigenvalue weighted by Crippen LogP contribution is 2.09. The number of nitrogens with zero attached hydrogens (tertiary/aromatic N) is 3. The zero-order valence-corrected chi connectivity index (χ0v) is 6.58. The van der Waals surface area contributed by atoms with Gasteiger partial charge in [-0.2, -0.15) is 0 Å². The lowest BCUT2D eigenvalue weighted by Crippen LogP contribution is -1.98. The Labute approximate surface area is 74.2 Å². The van der Waals surface area contributed by atoms with Crippen LogP contribution in [0.15, 0.2) is 34.6 Å². The van der Waals surface area contributed by atoms with Gasteiger partial charge >= 0.3 is 0 Å². The number of carbonyl (C=O) groups excluding carboxylic acids is 1. The van der Waals surface area contributed by atoms with E-state index in [1.54, 1.807) is 0 Å². The van der Waals surface area contributed by atoms with Gasteiger partial charge in [0.05, 0.1) is 0 Å². The smallest absolute Gasteiger partial charge is 0.183 e. The van der Waals surface area contributed by atoms with E-state index in [9.17, 15) is 4.79 Å². The summed E-state index contributed by atoms with van der Waals surface area (Å²) in [6, 6.07) is 5.66. The minimum atomic E-state index is -0.391. The second-order valence-electron chi connectivity index (χ2n) is 2.25. The molecule has 5 heteroatoms. The molecular weight excluding hydrogens is 170 g/mol. The molecule has 0 spiro atoms. The third kappa shape index (κ3) is 2.48. The van der Waals surface area contributed by atoms with E-state index in [0.29, 0.717) is 5.56 Å². The van der Waals surface area contributed by atoms with Crippen molar-refractivity contribution >= 4 is 12.0 Å². The van der Waals surface area contributed by atoms with Crippen LogP contribution in [0, 0.1) is 0 Å². The third-order valence-electron chi connectivity index (χ3n) is 1.38. The number of ketones is 1. The van der Waals surface area contributed by atoms with Gasteiger partial charge in [-0.1, -0.05) is 0 Å². The van der Waals surface area contributed by atoms with Gasteiger partial charge in [0, 0.05) is 5.56 Å². The number of phenols is 1. The molecular formula is C8H6N3O2-. The zero-order chi connectivity index (χ0) is 9.68. The number of Topliss-reactive ketones (excluding diaryl/α,β-unsaturated/α-hetero) is 1. The summed E-state index contributed by atoms with van der Waals surface area (Å²) in [5.74, 6) is -0.307. The molecule has 0 atom stereocenters. The van der Waals surface area contributed by atoms with Crippen molar-refractivity contribution in [1.82, 2.24) is 0 Å². The maximum atomic E-state index is 11.1. The van der Waals surface area contributed by atoms with Gasteiger partial charge in [0.2, 0.25) is 0 Å². The largest absolute Gasteiger partial charge is 0.508 e. The topological polar surface area (TPSA) is 84.3 Å². The van der Waals surface area contributed by atoms with Crippen LogP contribution in [-0.2, 0) is 0 Å². The number of benzene rings is 1. The van der Waals surface area contributed by atoms with Crippen molar-refractivity contribution in [3.8, 4) is 5.75 Å². The second-order valence-corrected chi connectivity index (χ2v) is 2.25. The van der Waals surface area contributed by atoms with E-state index in [-0.39, 0.29) is 5.75 Å². The lowest BCUT2D eigenvalue weighted by molar-refractivity contribution is 0.107. The molecule has 13 heavy (non-hydrogen) atoms. The molecule has 1 N–H and O–H groups in total. The van der Waals surface area contributed by atoms with Crippen molar-refractivity contribution in [2.75, 3.05) is 0 Å². The van der Waals surface area contributed by atoms with Gasteiger partial charge in [-0.25, -0.2) is 0 Å². The van der Waals surface area contributed by atoms with Gasteiger partial charge in [-0.15, -0.1) is 0 Å². The molecule has 66 valence electrons. The number of hydrogen-bond donors (Lipinski definition) is 1. The monoisotopic (exact) mass is 176 g/mol. The number of rotatable bonds is 3. The summed E-state index contributed by atoms with van der Waals surface area (Å²) in [6.45, 7) is 0. The molecule has 0 heterocycles. The highest BCUT2D eigenvalue weighted by molar-refractivity contribution is 6.35. The lowest BCUT2D eigenvalue weighted by Gasteiger charge is -1.96. The van der Waals surface area contributed by atoms with Gasteiger partial charge < -0.3 is 15.7 Å². The second kappa shape index (κ2) is 4.10. The molecule has 0 radical (unpaired) electrons.